The van der Waals surface area contributed by atoms with Gasteiger partial charge in [0.15, 0.2) is 0 Å². The predicted molar refractivity (Wildman–Crippen MR) is 69.5 cm³/mol. The first-order valence-electron chi connectivity index (χ1n) is 6.17. The molecule has 16 heavy (non-hydrogen) atoms. The van der Waals surface area contributed by atoms with Crippen molar-refractivity contribution in [2.75, 3.05) is 6.61 Å². The van der Waals surface area contributed by atoms with E-state index in [0.29, 0.717) is 0 Å². The van der Waals surface area contributed by atoms with Gasteiger partial charge in [-0.2, -0.15) is 0 Å². The van der Waals surface area contributed by atoms with Crippen LogP contribution in [0, 0.1) is 0 Å². The minimum absolute atomic E-state index is 0.112. The lowest BCUT2D eigenvalue weighted by Crippen LogP contribution is -2.02. The Labute approximate surface area is 99.1 Å². The highest BCUT2D eigenvalue weighted by molar-refractivity contribution is 5.23. The largest absolute Gasteiger partial charge is 0.370 e. The van der Waals surface area contributed by atoms with Crippen LogP contribution in [0.25, 0.3) is 0 Å². The zero-order valence-corrected chi connectivity index (χ0v) is 10.6. The molecule has 0 aliphatic carbocycles. The molecule has 1 aromatic rings. The van der Waals surface area contributed by atoms with Crippen molar-refractivity contribution in [1.29, 1.82) is 0 Å². The Balaban J connectivity index is 2.87. The van der Waals surface area contributed by atoms with E-state index in [9.17, 15) is 0 Å². The Bertz CT molecular complexity index is 307. The summed E-state index contributed by atoms with van der Waals surface area (Å²) in [6.07, 6.45) is 4.58. The van der Waals surface area contributed by atoms with Gasteiger partial charge < -0.3 is 4.74 Å². The molecular formula is C15H22O. The molecule has 0 fully saturated rings. The van der Waals surface area contributed by atoms with Crippen LogP contribution in [0.3, 0.4) is 0 Å². The lowest BCUT2D eigenvalue weighted by atomic mass is 10.0. The number of hydrogen-bond acceptors (Lipinski definition) is 1. The average molecular weight is 218 g/mol. The number of ether oxygens (including phenoxy) is 1. The zero-order chi connectivity index (χ0) is 11.8. The van der Waals surface area contributed by atoms with E-state index in [1.165, 1.54) is 11.1 Å². The van der Waals surface area contributed by atoms with Crippen molar-refractivity contribution in [3.05, 3.63) is 47.5 Å². The lowest BCUT2D eigenvalue weighted by Gasteiger charge is -2.15. The second-order valence-electron chi connectivity index (χ2n) is 3.82. The van der Waals surface area contributed by atoms with E-state index in [1.807, 2.05) is 13.0 Å². The quantitative estimate of drug-likeness (QED) is 0.638. The molecule has 1 rings (SSSR count). The summed E-state index contributed by atoms with van der Waals surface area (Å²) in [7, 11) is 0. The maximum Gasteiger partial charge on any atom is 0.101 e. The molecule has 0 bridgehead atoms. The Morgan fingerprint density at radius 1 is 1.12 bits per heavy atom. The van der Waals surface area contributed by atoms with Crippen LogP contribution in [0.4, 0.5) is 0 Å². The molecule has 0 aromatic heterocycles. The molecule has 0 saturated carbocycles. The summed E-state index contributed by atoms with van der Waals surface area (Å²) in [4.78, 5) is 0. The first kappa shape index (κ1) is 13.0. The standard InChI is InChI=1S/C15H22O/c1-4-13(5-2)12-15(16-6-3)14-10-8-7-9-11-14/h7-12,15H,4-6H2,1-3H3. The molecule has 88 valence electrons. The maximum atomic E-state index is 5.79. The highest BCUT2D eigenvalue weighted by atomic mass is 16.5. The smallest absolute Gasteiger partial charge is 0.101 e. The van der Waals surface area contributed by atoms with Crippen LogP contribution >= 0.6 is 0 Å². The molecule has 0 N–H and O–H groups in total. The van der Waals surface area contributed by atoms with Crippen LogP contribution in [-0.4, -0.2) is 6.61 Å². The van der Waals surface area contributed by atoms with E-state index in [2.05, 4.69) is 44.2 Å². The van der Waals surface area contributed by atoms with Crippen molar-refractivity contribution >= 4 is 0 Å². The van der Waals surface area contributed by atoms with E-state index in [-0.39, 0.29) is 6.10 Å². The summed E-state index contributed by atoms with van der Waals surface area (Å²) in [5, 5.41) is 0. The van der Waals surface area contributed by atoms with Gasteiger partial charge in [-0.05, 0) is 25.3 Å². The molecular weight excluding hydrogens is 196 g/mol. The van der Waals surface area contributed by atoms with Crippen LogP contribution in [0.5, 0.6) is 0 Å². The Morgan fingerprint density at radius 3 is 2.25 bits per heavy atom. The van der Waals surface area contributed by atoms with Crippen molar-refractivity contribution in [2.45, 2.75) is 39.7 Å². The molecule has 0 saturated heterocycles. The fraction of sp³-hybridized carbons (Fsp3) is 0.467. The van der Waals surface area contributed by atoms with Gasteiger partial charge in [0.2, 0.25) is 0 Å². The average Bonchev–Trinajstić information content (AvgIpc) is 2.35. The van der Waals surface area contributed by atoms with Gasteiger partial charge in [-0.3, -0.25) is 0 Å². The highest BCUT2D eigenvalue weighted by Gasteiger charge is 2.08. The molecule has 0 radical (unpaired) electrons. The predicted octanol–water partition coefficient (Wildman–Crippen LogP) is 4.51. The van der Waals surface area contributed by atoms with E-state index < -0.39 is 0 Å². The number of benzene rings is 1. The van der Waals surface area contributed by atoms with Crippen molar-refractivity contribution in [3.63, 3.8) is 0 Å². The van der Waals surface area contributed by atoms with Gasteiger partial charge in [0.1, 0.15) is 6.10 Å². The summed E-state index contributed by atoms with van der Waals surface area (Å²) in [6, 6.07) is 10.4. The van der Waals surface area contributed by atoms with Crippen molar-refractivity contribution < 1.29 is 4.74 Å². The SMILES string of the molecule is CCOC(C=C(CC)CC)c1ccccc1. The topological polar surface area (TPSA) is 9.23 Å². The van der Waals surface area contributed by atoms with Crippen LogP contribution in [-0.2, 0) is 4.74 Å². The van der Waals surface area contributed by atoms with E-state index in [4.69, 9.17) is 4.74 Å². The third-order valence-electron chi connectivity index (χ3n) is 2.77. The first-order chi connectivity index (χ1) is 7.81. The normalized spacial score (nSPS) is 12.2. The van der Waals surface area contributed by atoms with E-state index in [0.717, 1.165) is 19.4 Å². The Hall–Kier alpha value is -1.08. The summed E-state index contributed by atoms with van der Waals surface area (Å²) in [6.45, 7) is 7.19. The van der Waals surface area contributed by atoms with Gasteiger partial charge in [0, 0.05) is 6.61 Å². The van der Waals surface area contributed by atoms with Crippen LogP contribution < -0.4 is 0 Å². The number of allylic oxidation sites excluding steroid dienone is 1. The summed E-state index contributed by atoms with van der Waals surface area (Å²) in [5.74, 6) is 0. The van der Waals surface area contributed by atoms with Crippen LogP contribution in [0.15, 0.2) is 42.0 Å². The van der Waals surface area contributed by atoms with E-state index >= 15 is 0 Å². The number of rotatable bonds is 6. The van der Waals surface area contributed by atoms with E-state index in [1.54, 1.807) is 0 Å². The van der Waals surface area contributed by atoms with Gasteiger partial charge in [-0.25, -0.2) is 0 Å². The van der Waals surface area contributed by atoms with Crippen molar-refractivity contribution in [1.82, 2.24) is 0 Å². The van der Waals surface area contributed by atoms with Gasteiger partial charge >= 0.3 is 0 Å². The third-order valence-corrected chi connectivity index (χ3v) is 2.77. The molecule has 1 unspecified atom stereocenters. The third kappa shape index (κ3) is 3.82. The van der Waals surface area contributed by atoms with Gasteiger partial charge in [0.05, 0.1) is 0 Å². The molecule has 0 spiro atoms. The van der Waals surface area contributed by atoms with Gasteiger partial charge in [-0.1, -0.05) is 55.8 Å². The Kier molecular flexibility index (Phi) is 5.87. The second-order valence-corrected chi connectivity index (χ2v) is 3.82. The molecule has 1 aromatic carbocycles. The summed E-state index contributed by atoms with van der Waals surface area (Å²) >= 11 is 0. The molecule has 1 atom stereocenters. The van der Waals surface area contributed by atoms with Gasteiger partial charge in [0.25, 0.3) is 0 Å². The van der Waals surface area contributed by atoms with Crippen molar-refractivity contribution in [3.8, 4) is 0 Å². The fourth-order valence-electron chi connectivity index (χ4n) is 1.76. The lowest BCUT2D eigenvalue weighted by molar-refractivity contribution is 0.0960. The monoisotopic (exact) mass is 218 g/mol. The maximum absolute atomic E-state index is 5.79. The highest BCUT2D eigenvalue weighted by Crippen LogP contribution is 2.22. The fourth-order valence-corrected chi connectivity index (χ4v) is 1.76. The summed E-state index contributed by atoms with van der Waals surface area (Å²) < 4.78 is 5.79. The second kappa shape index (κ2) is 7.24. The van der Waals surface area contributed by atoms with Gasteiger partial charge in [-0.15, -0.1) is 0 Å². The van der Waals surface area contributed by atoms with Crippen molar-refractivity contribution in [2.24, 2.45) is 0 Å². The molecule has 1 heteroatoms. The molecule has 1 nitrogen and oxygen atoms in total. The minimum Gasteiger partial charge on any atom is -0.370 e. The first-order valence-corrected chi connectivity index (χ1v) is 6.17. The molecule has 0 heterocycles. The van der Waals surface area contributed by atoms with Crippen LogP contribution in [0.1, 0.15) is 45.3 Å². The number of hydrogen-bond donors (Lipinski definition) is 0. The Morgan fingerprint density at radius 2 is 1.75 bits per heavy atom. The summed E-state index contributed by atoms with van der Waals surface area (Å²) in [5.41, 5.74) is 2.70. The molecule has 0 amide bonds. The minimum atomic E-state index is 0.112. The zero-order valence-electron chi connectivity index (χ0n) is 10.6. The molecule has 0 aliphatic heterocycles. The molecule has 0 aliphatic rings. The van der Waals surface area contributed by atoms with Crippen LogP contribution in [0.2, 0.25) is 0 Å².